The minimum Gasteiger partial charge on any atom is -0.322 e. The lowest BCUT2D eigenvalue weighted by Crippen LogP contribution is -2.27. The summed E-state index contributed by atoms with van der Waals surface area (Å²) in [6.45, 7) is 1.94. The molecule has 1 heterocycles. The second kappa shape index (κ2) is 3.42. The minimum atomic E-state index is 0.0989. The summed E-state index contributed by atoms with van der Waals surface area (Å²) in [7, 11) is 0. The molecule has 0 saturated heterocycles. The third kappa shape index (κ3) is 1.70. The first-order valence-electron chi connectivity index (χ1n) is 4.81. The van der Waals surface area contributed by atoms with Crippen LogP contribution in [0, 0.1) is 12.8 Å². The molecule has 1 aliphatic carbocycles. The van der Waals surface area contributed by atoms with Crippen LogP contribution in [-0.4, -0.2) is 9.97 Å². The van der Waals surface area contributed by atoms with Crippen LogP contribution in [0.5, 0.6) is 0 Å². The average Bonchev–Trinajstić information content (AvgIpc) is 2.02. The summed E-state index contributed by atoms with van der Waals surface area (Å²) in [6.07, 6.45) is 7.40. The van der Waals surface area contributed by atoms with Crippen LogP contribution in [0.2, 0.25) is 0 Å². The van der Waals surface area contributed by atoms with E-state index in [4.69, 9.17) is 5.73 Å². The number of aryl methyl sites for hydroxylation is 1. The van der Waals surface area contributed by atoms with Gasteiger partial charge in [-0.15, -0.1) is 0 Å². The van der Waals surface area contributed by atoms with Crippen molar-refractivity contribution in [1.29, 1.82) is 0 Å². The van der Waals surface area contributed by atoms with Gasteiger partial charge in [0.2, 0.25) is 0 Å². The molecule has 1 fully saturated rings. The molecule has 1 saturated carbocycles. The molecule has 0 radical (unpaired) electrons. The van der Waals surface area contributed by atoms with Gasteiger partial charge in [-0.3, -0.25) is 9.97 Å². The van der Waals surface area contributed by atoms with Gasteiger partial charge in [-0.2, -0.15) is 0 Å². The Balaban J connectivity index is 2.10. The third-order valence-corrected chi connectivity index (χ3v) is 2.80. The molecule has 0 aromatic carbocycles. The lowest BCUT2D eigenvalue weighted by atomic mass is 9.79. The highest BCUT2D eigenvalue weighted by molar-refractivity contribution is 5.07. The number of nitrogens with two attached hydrogens (primary N) is 1. The molecule has 70 valence electrons. The van der Waals surface area contributed by atoms with Gasteiger partial charge < -0.3 is 5.73 Å². The molecule has 0 bridgehead atoms. The average molecular weight is 177 g/mol. The van der Waals surface area contributed by atoms with Crippen molar-refractivity contribution in [3.8, 4) is 0 Å². The minimum absolute atomic E-state index is 0.0989. The van der Waals surface area contributed by atoms with E-state index in [0.29, 0.717) is 5.92 Å². The van der Waals surface area contributed by atoms with E-state index in [0.717, 1.165) is 11.4 Å². The van der Waals surface area contributed by atoms with Crippen LogP contribution in [-0.2, 0) is 0 Å². The van der Waals surface area contributed by atoms with E-state index in [-0.39, 0.29) is 6.04 Å². The van der Waals surface area contributed by atoms with Gasteiger partial charge in [0.15, 0.2) is 0 Å². The van der Waals surface area contributed by atoms with Crippen molar-refractivity contribution in [3.05, 3.63) is 23.8 Å². The SMILES string of the molecule is Cc1cnc(C(N)C2CCC2)cn1. The Morgan fingerprint density at radius 3 is 2.62 bits per heavy atom. The lowest BCUT2D eigenvalue weighted by Gasteiger charge is -2.30. The number of rotatable bonds is 2. The van der Waals surface area contributed by atoms with E-state index in [9.17, 15) is 0 Å². The van der Waals surface area contributed by atoms with Crippen LogP contribution in [0.15, 0.2) is 12.4 Å². The zero-order valence-corrected chi connectivity index (χ0v) is 7.90. The lowest BCUT2D eigenvalue weighted by molar-refractivity contribution is 0.261. The highest BCUT2D eigenvalue weighted by Crippen LogP contribution is 2.35. The van der Waals surface area contributed by atoms with Crippen molar-refractivity contribution in [1.82, 2.24) is 9.97 Å². The molecule has 3 nitrogen and oxygen atoms in total. The maximum absolute atomic E-state index is 6.05. The molecule has 2 rings (SSSR count). The Morgan fingerprint density at radius 1 is 1.38 bits per heavy atom. The molecule has 1 aromatic heterocycles. The summed E-state index contributed by atoms with van der Waals surface area (Å²) >= 11 is 0. The van der Waals surface area contributed by atoms with Crippen molar-refractivity contribution in [2.75, 3.05) is 0 Å². The van der Waals surface area contributed by atoms with Crippen molar-refractivity contribution >= 4 is 0 Å². The Hall–Kier alpha value is -0.960. The van der Waals surface area contributed by atoms with Gasteiger partial charge in [-0.05, 0) is 25.7 Å². The highest BCUT2D eigenvalue weighted by Gasteiger charge is 2.26. The van der Waals surface area contributed by atoms with E-state index in [1.54, 1.807) is 12.4 Å². The van der Waals surface area contributed by atoms with E-state index < -0.39 is 0 Å². The quantitative estimate of drug-likeness (QED) is 0.746. The number of nitrogens with zero attached hydrogens (tertiary/aromatic N) is 2. The predicted molar refractivity (Wildman–Crippen MR) is 51.0 cm³/mol. The van der Waals surface area contributed by atoms with Crippen molar-refractivity contribution in [2.45, 2.75) is 32.2 Å². The smallest absolute Gasteiger partial charge is 0.0756 e. The molecule has 0 amide bonds. The zero-order valence-electron chi connectivity index (χ0n) is 7.90. The van der Waals surface area contributed by atoms with Gasteiger partial charge in [-0.1, -0.05) is 6.42 Å². The standard InChI is InChI=1S/C10H15N3/c1-7-5-13-9(6-12-7)10(11)8-3-2-4-8/h5-6,8,10H,2-4,11H2,1H3. The predicted octanol–water partition coefficient (Wildman–Crippen LogP) is 1.58. The molecular formula is C10H15N3. The van der Waals surface area contributed by atoms with Crippen molar-refractivity contribution in [3.63, 3.8) is 0 Å². The van der Waals surface area contributed by atoms with Gasteiger partial charge in [0, 0.05) is 6.20 Å². The monoisotopic (exact) mass is 177 g/mol. The Morgan fingerprint density at radius 2 is 2.15 bits per heavy atom. The molecule has 2 N–H and O–H groups in total. The second-order valence-corrected chi connectivity index (χ2v) is 3.80. The summed E-state index contributed by atoms with van der Waals surface area (Å²) in [5.41, 5.74) is 7.94. The van der Waals surface area contributed by atoms with Gasteiger partial charge >= 0.3 is 0 Å². The second-order valence-electron chi connectivity index (χ2n) is 3.80. The molecule has 1 aromatic rings. The molecular weight excluding hydrogens is 162 g/mol. The first-order valence-corrected chi connectivity index (χ1v) is 4.81. The van der Waals surface area contributed by atoms with Gasteiger partial charge in [-0.25, -0.2) is 0 Å². The number of hydrogen-bond acceptors (Lipinski definition) is 3. The first kappa shape index (κ1) is 8.63. The largest absolute Gasteiger partial charge is 0.322 e. The fourth-order valence-corrected chi connectivity index (χ4v) is 1.62. The highest BCUT2D eigenvalue weighted by atomic mass is 14.8. The molecule has 3 heteroatoms. The van der Waals surface area contributed by atoms with Crippen LogP contribution in [0.1, 0.15) is 36.7 Å². The fraction of sp³-hybridized carbons (Fsp3) is 0.600. The molecule has 1 aliphatic rings. The van der Waals surface area contributed by atoms with Gasteiger partial charge in [0.25, 0.3) is 0 Å². The zero-order chi connectivity index (χ0) is 9.26. The van der Waals surface area contributed by atoms with Crippen molar-refractivity contribution in [2.24, 2.45) is 11.7 Å². The maximum Gasteiger partial charge on any atom is 0.0756 e. The van der Waals surface area contributed by atoms with Crippen LogP contribution in [0.25, 0.3) is 0 Å². The van der Waals surface area contributed by atoms with Crippen LogP contribution >= 0.6 is 0 Å². The molecule has 1 atom stereocenters. The molecule has 1 unspecified atom stereocenters. The molecule has 13 heavy (non-hydrogen) atoms. The molecule has 0 spiro atoms. The van der Waals surface area contributed by atoms with Crippen LogP contribution < -0.4 is 5.73 Å². The third-order valence-electron chi connectivity index (χ3n) is 2.80. The number of aromatic nitrogens is 2. The van der Waals surface area contributed by atoms with E-state index in [1.165, 1.54) is 19.3 Å². The van der Waals surface area contributed by atoms with E-state index in [1.807, 2.05) is 6.92 Å². The maximum atomic E-state index is 6.05. The summed E-state index contributed by atoms with van der Waals surface area (Å²) < 4.78 is 0. The first-order chi connectivity index (χ1) is 6.27. The topological polar surface area (TPSA) is 51.8 Å². The summed E-state index contributed by atoms with van der Waals surface area (Å²) in [5.74, 6) is 0.636. The Bertz CT molecular complexity index is 277. The summed E-state index contributed by atoms with van der Waals surface area (Å²) in [5, 5.41) is 0. The van der Waals surface area contributed by atoms with Gasteiger partial charge in [0.1, 0.15) is 0 Å². The fourth-order valence-electron chi connectivity index (χ4n) is 1.62. The van der Waals surface area contributed by atoms with Crippen LogP contribution in [0.4, 0.5) is 0 Å². The van der Waals surface area contributed by atoms with E-state index >= 15 is 0 Å². The summed E-state index contributed by atoms with van der Waals surface area (Å²) in [4.78, 5) is 8.49. The normalized spacial score (nSPS) is 19.5. The summed E-state index contributed by atoms with van der Waals surface area (Å²) in [6, 6.07) is 0.0989. The Labute approximate surface area is 78.4 Å². The van der Waals surface area contributed by atoms with Crippen LogP contribution in [0.3, 0.4) is 0 Å². The van der Waals surface area contributed by atoms with Gasteiger partial charge in [0.05, 0.1) is 23.6 Å². The number of hydrogen-bond donors (Lipinski definition) is 1. The molecule has 0 aliphatic heterocycles. The van der Waals surface area contributed by atoms with E-state index in [2.05, 4.69) is 9.97 Å². The Kier molecular flexibility index (Phi) is 2.27. The van der Waals surface area contributed by atoms with Crippen molar-refractivity contribution < 1.29 is 0 Å².